The molecule has 0 radical (unpaired) electrons. The van der Waals surface area contributed by atoms with Gasteiger partial charge in [-0.3, -0.25) is 0 Å². The third-order valence-corrected chi connectivity index (χ3v) is 3.68. The van der Waals surface area contributed by atoms with Crippen LogP contribution < -0.4 is 10.1 Å². The Morgan fingerprint density at radius 3 is 2.95 bits per heavy atom. The van der Waals surface area contributed by atoms with Gasteiger partial charge in [0, 0.05) is 6.07 Å². The summed E-state index contributed by atoms with van der Waals surface area (Å²) in [6.45, 7) is 2.64. The quantitative estimate of drug-likeness (QED) is 0.597. The molecule has 1 aliphatic rings. The molecule has 1 aromatic rings. The number of ether oxygens (including phenoxy) is 2. The number of hydrogen-bond acceptors (Lipinski definition) is 4. The first-order valence-corrected chi connectivity index (χ1v) is 7.73. The molecule has 0 bridgehead atoms. The van der Waals surface area contributed by atoms with E-state index >= 15 is 0 Å². The molecule has 0 aliphatic heterocycles. The van der Waals surface area contributed by atoms with Crippen molar-refractivity contribution >= 4 is 22.0 Å². The number of nitrogens with zero attached hydrogens (tertiary/aromatic N) is 1. The predicted octanol–water partition coefficient (Wildman–Crippen LogP) is 3.42. The van der Waals surface area contributed by atoms with Gasteiger partial charge in [-0.15, -0.1) is 0 Å². The van der Waals surface area contributed by atoms with Crippen LogP contribution in [0.2, 0.25) is 0 Å². The highest BCUT2D eigenvalue weighted by Gasteiger charge is 2.45. The van der Waals surface area contributed by atoms with E-state index in [-0.39, 0.29) is 12.4 Å². The van der Waals surface area contributed by atoms with Crippen LogP contribution >= 0.6 is 15.9 Å². The van der Waals surface area contributed by atoms with Gasteiger partial charge >= 0.3 is 6.09 Å². The van der Waals surface area contributed by atoms with E-state index in [0.29, 0.717) is 11.2 Å². The number of hydrogen-bond donors (Lipinski definition) is 1. The predicted molar refractivity (Wildman–Crippen MR) is 78.7 cm³/mol. The number of carbonyl (C=O) groups excluding carboxylic acids is 1. The van der Waals surface area contributed by atoms with Crippen molar-refractivity contribution in [3.8, 4) is 5.75 Å². The lowest BCUT2D eigenvalue weighted by molar-refractivity contribution is 0.132. The minimum atomic E-state index is -0.488. The van der Waals surface area contributed by atoms with Crippen LogP contribution in [0.3, 0.4) is 0 Å². The molecule has 1 fully saturated rings. The lowest BCUT2D eigenvalue weighted by atomic mass is 10.3. The Bertz CT molecular complexity index is 509. The van der Waals surface area contributed by atoms with Gasteiger partial charge in [0.05, 0.1) is 18.3 Å². The fourth-order valence-electron chi connectivity index (χ4n) is 1.74. The molecule has 116 valence electrons. The second kappa shape index (κ2) is 7.06. The van der Waals surface area contributed by atoms with E-state index in [2.05, 4.69) is 26.2 Å². The molecule has 21 heavy (non-hydrogen) atoms. The zero-order valence-electron chi connectivity index (χ0n) is 11.8. The van der Waals surface area contributed by atoms with Gasteiger partial charge in [-0.2, -0.15) is 0 Å². The fraction of sp³-hybridized carbons (Fsp3) is 0.571. The number of rotatable bonds is 7. The summed E-state index contributed by atoms with van der Waals surface area (Å²) < 4.78 is 24.5. The molecule has 5 nitrogen and oxygen atoms in total. The maximum absolute atomic E-state index is 13.6. The summed E-state index contributed by atoms with van der Waals surface area (Å²) in [5, 5.41) is 2.79. The van der Waals surface area contributed by atoms with Crippen molar-refractivity contribution in [3.05, 3.63) is 22.7 Å². The molecule has 1 heterocycles. The Hall–Kier alpha value is -1.37. The third kappa shape index (κ3) is 4.84. The van der Waals surface area contributed by atoms with Crippen molar-refractivity contribution in [1.82, 2.24) is 10.3 Å². The molecule has 0 spiro atoms. The van der Waals surface area contributed by atoms with Crippen molar-refractivity contribution in [1.29, 1.82) is 0 Å². The van der Waals surface area contributed by atoms with Gasteiger partial charge in [0.25, 0.3) is 0 Å². The number of amides is 1. The Morgan fingerprint density at radius 2 is 2.33 bits per heavy atom. The van der Waals surface area contributed by atoms with Crippen LogP contribution in [0, 0.1) is 5.82 Å². The van der Waals surface area contributed by atoms with Crippen LogP contribution in [0.1, 0.15) is 32.6 Å². The molecule has 0 aromatic carbocycles. The number of nitrogens with one attached hydrogen (secondary N) is 1. The van der Waals surface area contributed by atoms with Gasteiger partial charge in [-0.05, 0) is 35.2 Å². The molecule has 0 atom stereocenters. The Balaban J connectivity index is 1.80. The minimum absolute atomic E-state index is 0.0747. The average Bonchev–Trinajstić information content (AvgIpc) is 3.18. The van der Waals surface area contributed by atoms with E-state index in [4.69, 9.17) is 9.47 Å². The zero-order chi connectivity index (χ0) is 15.3. The molecular weight excluding hydrogens is 343 g/mol. The summed E-state index contributed by atoms with van der Waals surface area (Å²) >= 11 is 3.08. The highest BCUT2D eigenvalue weighted by molar-refractivity contribution is 9.10. The van der Waals surface area contributed by atoms with Gasteiger partial charge in [0.2, 0.25) is 0 Å². The maximum Gasteiger partial charge on any atom is 0.407 e. The Morgan fingerprint density at radius 1 is 1.57 bits per heavy atom. The third-order valence-electron chi connectivity index (χ3n) is 3.24. The van der Waals surface area contributed by atoms with Crippen LogP contribution in [0.4, 0.5) is 9.18 Å². The fourth-order valence-corrected chi connectivity index (χ4v) is 2.04. The highest BCUT2D eigenvalue weighted by Crippen LogP contribution is 2.36. The summed E-state index contributed by atoms with van der Waals surface area (Å²) in [7, 11) is 0. The number of carbonyl (C=O) groups is 1. The number of aromatic nitrogens is 1. The highest BCUT2D eigenvalue weighted by atomic mass is 79.9. The van der Waals surface area contributed by atoms with Crippen LogP contribution in [-0.4, -0.2) is 29.8 Å². The molecule has 1 amide bonds. The number of pyridine rings is 1. The van der Waals surface area contributed by atoms with Gasteiger partial charge in [-0.1, -0.05) is 13.3 Å². The van der Waals surface area contributed by atoms with E-state index in [9.17, 15) is 9.18 Å². The molecule has 0 saturated heterocycles. The normalized spacial score (nSPS) is 15.4. The summed E-state index contributed by atoms with van der Waals surface area (Å²) in [6, 6.07) is 1.24. The van der Waals surface area contributed by atoms with Crippen LogP contribution in [0.5, 0.6) is 5.75 Å². The van der Waals surface area contributed by atoms with Gasteiger partial charge in [0.1, 0.15) is 11.2 Å². The van der Waals surface area contributed by atoms with Crippen molar-refractivity contribution in [2.24, 2.45) is 0 Å². The molecule has 0 unspecified atom stereocenters. The molecule has 1 N–H and O–H groups in total. The average molecular weight is 361 g/mol. The van der Waals surface area contributed by atoms with Crippen LogP contribution in [-0.2, 0) is 4.74 Å². The van der Waals surface area contributed by atoms with Crippen LogP contribution in [0.15, 0.2) is 16.9 Å². The Labute approximate surface area is 131 Å². The molecule has 7 heteroatoms. The lowest BCUT2D eigenvalue weighted by Crippen LogP contribution is -2.41. The summed E-state index contributed by atoms with van der Waals surface area (Å²) in [5.74, 6) is -0.413. The second-order valence-electron chi connectivity index (χ2n) is 5.12. The number of unbranched alkanes of at least 4 members (excludes halogenated alkanes) is 1. The van der Waals surface area contributed by atoms with Crippen molar-refractivity contribution in [3.63, 3.8) is 0 Å². The van der Waals surface area contributed by atoms with Crippen molar-refractivity contribution < 1.29 is 18.7 Å². The first-order valence-electron chi connectivity index (χ1n) is 6.93. The van der Waals surface area contributed by atoms with E-state index in [0.717, 1.165) is 25.7 Å². The molecule has 1 aromatic heterocycles. The van der Waals surface area contributed by atoms with E-state index < -0.39 is 17.4 Å². The van der Waals surface area contributed by atoms with Gasteiger partial charge in [-0.25, -0.2) is 14.2 Å². The van der Waals surface area contributed by atoms with E-state index in [1.54, 1.807) is 0 Å². The molecule has 2 rings (SSSR count). The smallest absolute Gasteiger partial charge is 0.407 e. The summed E-state index contributed by atoms with van der Waals surface area (Å²) in [6.07, 6.45) is 4.26. The molecule has 1 aliphatic carbocycles. The Kier molecular flexibility index (Phi) is 5.39. The second-order valence-corrected chi connectivity index (χ2v) is 5.93. The van der Waals surface area contributed by atoms with Crippen molar-refractivity contribution in [2.45, 2.75) is 38.1 Å². The zero-order valence-corrected chi connectivity index (χ0v) is 13.4. The minimum Gasteiger partial charge on any atom is -0.486 e. The first kappa shape index (κ1) is 16.0. The SMILES string of the molecule is CCCCOC(=O)NC1(COc2cnc(Br)cc2F)CC1. The number of alkyl carbamates (subject to hydrolysis) is 1. The maximum atomic E-state index is 13.6. The number of halogens is 2. The standard InChI is InChI=1S/C14H18BrFN2O3/c1-2-3-6-20-13(19)18-14(4-5-14)9-21-11-8-17-12(15)7-10(11)16/h7-8H,2-6,9H2,1H3,(H,18,19). The monoisotopic (exact) mass is 360 g/mol. The summed E-state index contributed by atoms with van der Waals surface area (Å²) in [5.41, 5.74) is -0.442. The van der Waals surface area contributed by atoms with Gasteiger partial charge < -0.3 is 14.8 Å². The van der Waals surface area contributed by atoms with E-state index in [1.807, 2.05) is 6.92 Å². The molecule has 1 saturated carbocycles. The lowest BCUT2D eigenvalue weighted by Gasteiger charge is -2.18. The topological polar surface area (TPSA) is 60.5 Å². The van der Waals surface area contributed by atoms with E-state index in [1.165, 1.54) is 12.3 Å². The molecular formula is C14H18BrFN2O3. The van der Waals surface area contributed by atoms with Gasteiger partial charge in [0.15, 0.2) is 11.6 Å². The first-order chi connectivity index (χ1) is 10.0. The summed E-state index contributed by atoms with van der Waals surface area (Å²) in [4.78, 5) is 15.5. The largest absolute Gasteiger partial charge is 0.486 e. The van der Waals surface area contributed by atoms with Crippen molar-refractivity contribution in [2.75, 3.05) is 13.2 Å². The van der Waals surface area contributed by atoms with Crippen LogP contribution in [0.25, 0.3) is 0 Å².